The molecule has 3 nitrogen and oxygen atoms in total. The van der Waals surface area contributed by atoms with Crippen LogP contribution in [0.4, 0.5) is 0 Å². The Morgan fingerprint density at radius 3 is 2.56 bits per heavy atom. The largest absolute Gasteiger partial charge is 0.338 e. The number of carbonyl (C=O) groups is 1. The summed E-state index contributed by atoms with van der Waals surface area (Å²) >= 11 is 6.10. The number of nitrogens with zero attached hydrogens (tertiary/aromatic N) is 1. The van der Waals surface area contributed by atoms with Gasteiger partial charge in [-0.1, -0.05) is 17.7 Å². The van der Waals surface area contributed by atoms with Crippen LogP contribution in [0.3, 0.4) is 0 Å². The van der Waals surface area contributed by atoms with Gasteiger partial charge in [-0.15, -0.1) is 12.4 Å². The Labute approximate surface area is 119 Å². The lowest BCUT2D eigenvalue weighted by Gasteiger charge is -2.30. The van der Waals surface area contributed by atoms with Crippen LogP contribution in [0.5, 0.6) is 0 Å². The molecule has 2 N–H and O–H groups in total. The van der Waals surface area contributed by atoms with Crippen LogP contribution in [0.2, 0.25) is 5.02 Å². The summed E-state index contributed by atoms with van der Waals surface area (Å²) in [6.45, 7) is 3.41. The highest BCUT2D eigenvalue weighted by Gasteiger charge is 2.22. The third-order valence-electron chi connectivity index (χ3n) is 3.18. The summed E-state index contributed by atoms with van der Waals surface area (Å²) in [4.78, 5) is 14.1. The van der Waals surface area contributed by atoms with Gasteiger partial charge in [0.05, 0.1) is 10.6 Å². The van der Waals surface area contributed by atoms with Crippen molar-refractivity contribution in [2.24, 2.45) is 5.73 Å². The van der Waals surface area contributed by atoms with E-state index in [2.05, 4.69) is 0 Å². The quantitative estimate of drug-likeness (QED) is 0.864. The molecular formula is C13H18Cl2N2O. The zero-order chi connectivity index (χ0) is 12.4. The van der Waals surface area contributed by atoms with Crippen LogP contribution >= 0.6 is 24.0 Å². The van der Waals surface area contributed by atoms with Gasteiger partial charge in [0, 0.05) is 19.1 Å². The topological polar surface area (TPSA) is 46.3 Å². The minimum absolute atomic E-state index is 0. The van der Waals surface area contributed by atoms with Gasteiger partial charge in [0.15, 0.2) is 0 Å². The highest BCUT2D eigenvalue weighted by Crippen LogP contribution is 2.21. The molecule has 0 atom stereocenters. The van der Waals surface area contributed by atoms with E-state index in [0.29, 0.717) is 10.6 Å². The molecule has 1 aromatic rings. The Bertz CT molecular complexity index is 429. The normalized spacial score (nSPS) is 16.3. The number of benzene rings is 1. The average molecular weight is 289 g/mol. The molecular weight excluding hydrogens is 271 g/mol. The molecule has 2 rings (SSSR count). The van der Waals surface area contributed by atoms with Gasteiger partial charge in [0.1, 0.15) is 0 Å². The Morgan fingerprint density at radius 1 is 1.39 bits per heavy atom. The maximum atomic E-state index is 12.2. The molecule has 0 aromatic heterocycles. The molecule has 1 heterocycles. The molecule has 0 aliphatic carbocycles. The number of nitrogens with two attached hydrogens (primary N) is 1. The lowest BCUT2D eigenvalue weighted by Crippen LogP contribution is -2.42. The van der Waals surface area contributed by atoms with E-state index in [1.165, 1.54) is 0 Å². The number of amides is 1. The second kappa shape index (κ2) is 6.41. The Hall–Kier alpha value is -0.770. The molecule has 1 aliphatic rings. The number of hydrogen-bond donors (Lipinski definition) is 1. The summed E-state index contributed by atoms with van der Waals surface area (Å²) in [5.41, 5.74) is 7.47. The number of likely N-dealkylation sites (tertiary alicyclic amines) is 1. The van der Waals surface area contributed by atoms with Gasteiger partial charge >= 0.3 is 0 Å². The first-order valence-electron chi connectivity index (χ1n) is 5.89. The van der Waals surface area contributed by atoms with Gasteiger partial charge in [-0.05, 0) is 37.5 Å². The molecule has 1 aliphatic heterocycles. The number of aryl methyl sites for hydroxylation is 1. The Balaban J connectivity index is 0.00000162. The average Bonchev–Trinajstić information content (AvgIpc) is 2.29. The molecule has 0 saturated carbocycles. The molecule has 1 amide bonds. The second-order valence-electron chi connectivity index (χ2n) is 4.61. The first-order chi connectivity index (χ1) is 8.08. The fourth-order valence-electron chi connectivity index (χ4n) is 2.07. The van der Waals surface area contributed by atoms with Crippen LogP contribution in [0.15, 0.2) is 18.2 Å². The third-order valence-corrected chi connectivity index (χ3v) is 3.49. The predicted molar refractivity (Wildman–Crippen MR) is 76.5 cm³/mol. The molecule has 5 heteroatoms. The molecule has 1 fully saturated rings. The Morgan fingerprint density at radius 2 is 2.00 bits per heavy atom. The summed E-state index contributed by atoms with van der Waals surface area (Å²) in [5, 5.41) is 0.532. The zero-order valence-corrected chi connectivity index (χ0v) is 11.9. The predicted octanol–water partition coefficient (Wildman–Crippen LogP) is 2.63. The van der Waals surface area contributed by atoms with Crippen LogP contribution in [0, 0.1) is 6.92 Å². The summed E-state index contributed by atoms with van der Waals surface area (Å²) < 4.78 is 0. The fourth-order valence-corrected chi connectivity index (χ4v) is 2.38. The Kier molecular flexibility index (Phi) is 5.45. The molecule has 1 aromatic carbocycles. The standard InChI is InChI=1S/C13H17ClN2O.ClH/c1-9-2-3-11(12(14)8-9)13(17)16-6-4-10(15)5-7-16;/h2-3,8,10H,4-7,15H2,1H3;1H. The van der Waals surface area contributed by atoms with Crippen molar-refractivity contribution in [2.75, 3.05) is 13.1 Å². The third kappa shape index (κ3) is 3.37. The van der Waals surface area contributed by atoms with Crippen molar-refractivity contribution in [1.82, 2.24) is 4.90 Å². The number of hydrogen-bond acceptors (Lipinski definition) is 2. The monoisotopic (exact) mass is 288 g/mol. The van der Waals surface area contributed by atoms with Crippen LogP contribution in [-0.2, 0) is 0 Å². The van der Waals surface area contributed by atoms with E-state index >= 15 is 0 Å². The highest BCUT2D eigenvalue weighted by molar-refractivity contribution is 6.33. The van der Waals surface area contributed by atoms with Crippen molar-refractivity contribution >= 4 is 29.9 Å². The van der Waals surface area contributed by atoms with E-state index in [9.17, 15) is 4.79 Å². The van der Waals surface area contributed by atoms with E-state index in [-0.39, 0.29) is 24.4 Å². The molecule has 1 saturated heterocycles. The first-order valence-corrected chi connectivity index (χ1v) is 6.26. The number of carbonyl (C=O) groups excluding carboxylic acids is 1. The maximum absolute atomic E-state index is 12.2. The summed E-state index contributed by atoms with van der Waals surface area (Å²) in [6, 6.07) is 5.76. The SMILES string of the molecule is Cc1ccc(C(=O)N2CCC(N)CC2)c(Cl)c1.Cl. The van der Waals surface area contributed by atoms with E-state index < -0.39 is 0 Å². The maximum Gasteiger partial charge on any atom is 0.255 e. The first kappa shape index (κ1) is 15.3. The second-order valence-corrected chi connectivity index (χ2v) is 5.02. The van der Waals surface area contributed by atoms with Gasteiger partial charge in [-0.25, -0.2) is 0 Å². The van der Waals surface area contributed by atoms with Gasteiger partial charge in [0.2, 0.25) is 0 Å². The van der Waals surface area contributed by atoms with Gasteiger partial charge < -0.3 is 10.6 Å². The van der Waals surface area contributed by atoms with Crippen molar-refractivity contribution in [1.29, 1.82) is 0 Å². The minimum atomic E-state index is 0. The highest BCUT2D eigenvalue weighted by atomic mass is 35.5. The molecule has 0 radical (unpaired) electrons. The molecule has 0 unspecified atom stereocenters. The summed E-state index contributed by atoms with van der Waals surface area (Å²) in [6.07, 6.45) is 1.74. The van der Waals surface area contributed by atoms with Crippen molar-refractivity contribution in [3.05, 3.63) is 34.3 Å². The van der Waals surface area contributed by atoms with Crippen LogP contribution in [0.1, 0.15) is 28.8 Å². The van der Waals surface area contributed by atoms with E-state index in [4.69, 9.17) is 17.3 Å². The van der Waals surface area contributed by atoms with E-state index in [1.807, 2.05) is 24.0 Å². The van der Waals surface area contributed by atoms with Crippen molar-refractivity contribution in [3.8, 4) is 0 Å². The van der Waals surface area contributed by atoms with Crippen molar-refractivity contribution in [3.63, 3.8) is 0 Å². The van der Waals surface area contributed by atoms with Gasteiger partial charge in [-0.3, -0.25) is 4.79 Å². The molecule has 18 heavy (non-hydrogen) atoms. The lowest BCUT2D eigenvalue weighted by molar-refractivity contribution is 0.0715. The van der Waals surface area contributed by atoms with Crippen molar-refractivity contribution in [2.45, 2.75) is 25.8 Å². The molecule has 100 valence electrons. The smallest absolute Gasteiger partial charge is 0.255 e. The van der Waals surface area contributed by atoms with Crippen LogP contribution < -0.4 is 5.73 Å². The summed E-state index contributed by atoms with van der Waals surface area (Å²) in [7, 11) is 0. The fraction of sp³-hybridized carbons (Fsp3) is 0.462. The van der Waals surface area contributed by atoms with Gasteiger partial charge in [-0.2, -0.15) is 0 Å². The zero-order valence-electron chi connectivity index (χ0n) is 10.4. The van der Waals surface area contributed by atoms with Gasteiger partial charge in [0.25, 0.3) is 5.91 Å². The van der Waals surface area contributed by atoms with E-state index in [1.54, 1.807) is 6.07 Å². The molecule has 0 spiro atoms. The van der Waals surface area contributed by atoms with Crippen LogP contribution in [-0.4, -0.2) is 29.9 Å². The number of rotatable bonds is 1. The lowest BCUT2D eigenvalue weighted by atomic mass is 10.0. The summed E-state index contributed by atoms with van der Waals surface area (Å²) in [5.74, 6) is 0.0156. The minimum Gasteiger partial charge on any atom is -0.338 e. The molecule has 0 bridgehead atoms. The van der Waals surface area contributed by atoms with E-state index in [0.717, 1.165) is 31.5 Å². The van der Waals surface area contributed by atoms with Crippen LogP contribution in [0.25, 0.3) is 0 Å². The number of piperidine rings is 1. The van der Waals surface area contributed by atoms with Crippen molar-refractivity contribution < 1.29 is 4.79 Å². The number of halogens is 2.